The highest BCUT2D eigenvalue weighted by atomic mass is 35.5. The summed E-state index contributed by atoms with van der Waals surface area (Å²) >= 11 is 7.61. The minimum absolute atomic E-state index is 0.175. The second-order valence-corrected chi connectivity index (χ2v) is 8.56. The number of methoxy groups -OCH3 is 1. The third-order valence-electron chi connectivity index (χ3n) is 5.05. The molecule has 7 heteroatoms. The Balaban J connectivity index is 1.29. The third-order valence-corrected chi connectivity index (χ3v) is 6.31. The van der Waals surface area contributed by atoms with Crippen LogP contribution in [0.2, 0.25) is 5.02 Å². The van der Waals surface area contributed by atoms with Gasteiger partial charge in [0.2, 0.25) is 0 Å². The highest BCUT2D eigenvalue weighted by Crippen LogP contribution is 2.26. The molecule has 1 amide bonds. The van der Waals surface area contributed by atoms with Gasteiger partial charge in [-0.1, -0.05) is 41.9 Å². The van der Waals surface area contributed by atoms with Crippen molar-refractivity contribution in [1.29, 1.82) is 0 Å². The van der Waals surface area contributed by atoms with Crippen LogP contribution in [0.3, 0.4) is 0 Å². The van der Waals surface area contributed by atoms with Gasteiger partial charge in [0.1, 0.15) is 28.8 Å². The second-order valence-electron chi connectivity index (χ2n) is 7.30. The molecule has 0 atom stereocenters. The molecule has 0 saturated carbocycles. The van der Waals surface area contributed by atoms with E-state index in [4.69, 9.17) is 21.1 Å². The summed E-state index contributed by atoms with van der Waals surface area (Å²) in [6, 6.07) is 23.1. The van der Waals surface area contributed by atoms with Crippen LogP contribution < -0.4 is 14.8 Å². The zero-order valence-corrected chi connectivity index (χ0v) is 19.7. The van der Waals surface area contributed by atoms with E-state index in [1.54, 1.807) is 12.5 Å². The molecule has 0 unspecified atom stereocenters. The molecule has 0 saturated heterocycles. The Kier molecular flexibility index (Phi) is 7.60. The van der Waals surface area contributed by atoms with Crippen LogP contribution in [-0.4, -0.2) is 24.5 Å². The Morgan fingerprint density at radius 3 is 2.45 bits per heavy atom. The van der Waals surface area contributed by atoms with Gasteiger partial charge in [0.05, 0.1) is 7.11 Å². The monoisotopic (exact) mass is 478 g/mol. The molecule has 1 heterocycles. The number of carbonyl (C=O) groups excluding carboxylic acids is 1. The first kappa shape index (κ1) is 22.8. The van der Waals surface area contributed by atoms with Crippen LogP contribution in [0.5, 0.6) is 11.5 Å². The molecule has 168 valence electrons. The molecule has 4 rings (SSSR count). The van der Waals surface area contributed by atoms with Crippen molar-refractivity contribution in [2.75, 3.05) is 13.7 Å². The van der Waals surface area contributed by atoms with Gasteiger partial charge in [0.15, 0.2) is 0 Å². The Hall–Kier alpha value is -3.35. The van der Waals surface area contributed by atoms with E-state index in [-0.39, 0.29) is 5.91 Å². The van der Waals surface area contributed by atoms with E-state index in [0.717, 1.165) is 39.6 Å². The summed E-state index contributed by atoms with van der Waals surface area (Å²) < 4.78 is 11.0. The van der Waals surface area contributed by atoms with E-state index >= 15 is 0 Å². The van der Waals surface area contributed by atoms with Gasteiger partial charge in [-0.2, -0.15) is 0 Å². The Bertz CT molecular complexity index is 1210. The number of nitrogens with one attached hydrogen (secondary N) is 1. The quantitative estimate of drug-likeness (QED) is 0.319. The lowest BCUT2D eigenvalue weighted by molar-refractivity contribution is 0.0950. The lowest BCUT2D eigenvalue weighted by Crippen LogP contribution is -2.25. The maximum atomic E-state index is 12.5. The third kappa shape index (κ3) is 6.12. The molecule has 0 aliphatic rings. The first-order valence-corrected chi connectivity index (χ1v) is 11.7. The fourth-order valence-electron chi connectivity index (χ4n) is 3.18. The zero-order valence-electron chi connectivity index (χ0n) is 18.1. The Labute approximate surface area is 202 Å². The number of carbonyl (C=O) groups is 1. The molecule has 0 aliphatic heterocycles. The van der Waals surface area contributed by atoms with E-state index < -0.39 is 0 Å². The predicted molar refractivity (Wildman–Crippen MR) is 132 cm³/mol. The average Bonchev–Trinajstić information content (AvgIpc) is 3.35. The lowest BCUT2D eigenvalue weighted by Gasteiger charge is -2.08. The zero-order chi connectivity index (χ0) is 23.0. The van der Waals surface area contributed by atoms with Crippen molar-refractivity contribution in [3.8, 4) is 22.1 Å². The summed E-state index contributed by atoms with van der Waals surface area (Å²) in [4.78, 5) is 17.0. The van der Waals surface area contributed by atoms with Crippen LogP contribution in [0, 0.1) is 0 Å². The number of hydrogen-bond acceptors (Lipinski definition) is 5. The average molecular weight is 479 g/mol. The molecule has 1 N–H and O–H groups in total. The van der Waals surface area contributed by atoms with Crippen molar-refractivity contribution < 1.29 is 14.3 Å². The van der Waals surface area contributed by atoms with Crippen molar-refractivity contribution in [2.45, 2.75) is 13.0 Å². The van der Waals surface area contributed by atoms with E-state index in [0.29, 0.717) is 23.9 Å². The molecule has 0 radical (unpaired) electrons. The minimum Gasteiger partial charge on any atom is -0.497 e. The van der Waals surface area contributed by atoms with Crippen LogP contribution in [-0.2, 0) is 13.0 Å². The molecule has 33 heavy (non-hydrogen) atoms. The van der Waals surface area contributed by atoms with E-state index in [1.807, 2.05) is 72.8 Å². The maximum Gasteiger partial charge on any atom is 0.270 e. The van der Waals surface area contributed by atoms with Crippen LogP contribution in [0.15, 0.2) is 78.2 Å². The summed E-state index contributed by atoms with van der Waals surface area (Å²) in [5.74, 6) is 1.38. The smallest absolute Gasteiger partial charge is 0.270 e. The van der Waals surface area contributed by atoms with E-state index in [9.17, 15) is 4.79 Å². The SMILES string of the molecule is COc1ccc(CCNC(=O)c2csc(-c3ccc(OCc4ccccc4Cl)cc3)n2)cc1. The number of ether oxygens (including phenoxy) is 2. The van der Waals surface area contributed by atoms with E-state index in [1.165, 1.54) is 11.3 Å². The highest BCUT2D eigenvalue weighted by molar-refractivity contribution is 7.13. The second kappa shape index (κ2) is 11.0. The van der Waals surface area contributed by atoms with Crippen molar-refractivity contribution in [3.63, 3.8) is 0 Å². The summed E-state index contributed by atoms with van der Waals surface area (Å²) in [7, 11) is 1.64. The lowest BCUT2D eigenvalue weighted by atomic mass is 10.1. The highest BCUT2D eigenvalue weighted by Gasteiger charge is 2.12. The van der Waals surface area contributed by atoms with Gasteiger partial charge < -0.3 is 14.8 Å². The molecule has 1 aromatic heterocycles. The largest absolute Gasteiger partial charge is 0.497 e. The molecule has 0 fully saturated rings. The maximum absolute atomic E-state index is 12.5. The summed E-state index contributed by atoms with van der Waals surface area (Å²) in [5.41, 5.74) is 3.42. The molecule has 0 bridgehead atoms. The fraction of sp³-hybridized carbons (Fsp3) is 0.154. The summed E-state index contributed by atoms with van der Waals surface area (Å²) in [6.45, 7) is 0.937. The van der Waals surface area contributed by atoms with Gasteiger partial charge in [-0.05, 0) is 54.4 Å². The van der Waals surface area contributed by atoms with Gasteiger partial charge in [0, 0.05) is 28.1 Å². The standard InChI is InChI=1S/C26H23ClN2O3S/c1-31-21-10-6-18(7-11-21)14-15-28-25(30)24-17-33-26(29-24)19-8-12-22(13-9-19)32-16-20-4-2-3-5-23(20)27/h2-13,17H,14-16H2,1H3,(H,28,30). The van der Waals surface area contributed by atoms with Crippen LogP contribution in [0.4, 0.5) is 0 Å². The number of benzene rings is 3. The number of hydrogen-bond donors (Lipinski definition) is 1. The number of rotatable bonds is 9. The molecule has 5 nitrogen and oxygen atoms in total. The van der Waals surface area contributed by atoms with Gasteiger partial charge in [-0.25, -0.2) is 4.98 Å². The number of halogens is 1. The Morgan fingerprint density at radius 2 is 1.73 bits per heavy atom. The number of thiazole rings is 1. The van der Waals surface area contributed by atoms with Gasteiger partial charge in [0.25, 0.3) is 5.91 Å². The molecular formula is C26H23ClN2O3S. The first-order valence-electron chi connectivity index (χ1n) is 10.5. The van der Waals surface area contributed by atoms with Gasteiger partial charge in [-0.15, -0.1) is 11.3 Å². The molecule has 4 aromatic rings. The molecule has 0 aliphatic carbocycles. The van der Waals surface area contributed by atoms with E-state index in [2.05, 4.69) is 10.3 Å². The van der Waals surface area contributed by atoms with Crippen LogP contribution >= 0.6 is 22.9 Å². The van der Waals surface area contributed by atoms with Gasteiger partial charge >= 0.3 is 0 Å². The van der Waals surface area contributed by atoms with Gasteiger partial charge in [-0.3, -0.25) is 4.79 Å². The first-order chi connectivity index (χ1) is 16.1. The fourth-order valence-corrected chi connectivity index (χ4v) is 4.18. The number of nitrogens with zero attached hydrogens (tertiary/aromatic N) is 1. The number of amides is 1. The minimum atomic E-state index is -0.175. The predicted octanol–water partition coefficient (Wildman–Crippen LogP) is 6.02. The summed E-state index contributed by atoms with van der Waals surface area (Å²) in [6.07, 6.45) is 0.738. The molecular weight excluding hydrogens is 456 g/mol. The topological polar surface area (TPSA) is 60.5 Å². The normalized spacial score (nSPS) is 10.6. The van der Waals surface area contributed by atoms with Crippen LogP contribution in [0.25, 0.3) is 10.6 Å². The number of aromatic nitrogens is 1. The van der Waals surface area contributed by atoms with Crippen molar-refractivity contribution in [1.82, 2.24) is 10.3 Å². The Morgan fingerprint density at radius 1 is 1.00 bits per heavy atom. The van der Waals surface area contributed by atoms with Crippen LogP contribution in [0.1, 0.15) is 21.6 Å². The summed E-state index contributed by atoms with van der Waals surface area (Å²) in [5, 5.41) is 6.18. The van der Waals surface area contributed by atoms with Crippen molar-refractivity contribution >= 4 is 28.8 Å². The molecule has 0 spiro atoms. The van der Waals surface area contributed by atoms with Crippen molar-refractivity contribution in [2.24, 2.45) is 0 Å². The van der Waals surface area contributed by atoms with Crippen molar-refractivity contribution in [3.05, 3.63) is 100 Å². The molecule has 3 aromatic carbocycles.